The Morgan fingerprint density at radius 1 is 1.18 bits per heavy atom. The van der Waals surface area contributed by atoms with Crippen molar-refractivity contribution in [2.24, 2.45) is 0 Å². The van der Waals surface area contributed by atoms with Crippen molar-refractivity contribution < 1.29 is 9.53 Å². The third-order valence-electron chi connectivity index (χ3n) is 5.69. The van der Waals surface area contributed by atoms with Crippen LogP contribution in [0.4, 0.5) is 5.95 Å². The van der Waals surface area contributed by atoms with Gasteiger partial charge in [-0.25, -0.2) is 9.48 Å². The Morgan fingerprint density at radius 3 is 2.53 bits per heavy atom. The standard InChI is InChI=1S/C27H30N4O2S/c1-6-16-33-24(32)22-18(2)28-25-29-26(34-17-19-10-8-7-9-11-19)30-31(25)23(22)20-12-14-21(15-13-20)27(3,4)5/h6-15,23H,1,16-17H2,2-5H3,(H,28,29,30). The molecule has 0 radical (unpaired) electrons. The number of carbonyl (C=O) groups is 1. The summed E-state index contributed by atoms with van der Waals surface area (Å²) in [7, 11) is 0. The number of anilines is 1. The molecule has 7 heteroatoms. The first-order chi connectivity index (χ1) is 16.3. The van der Waals surface area contributed by atoms with E-state index in [-0.39, 0.29) is 12.0 Å². The zero-order chi connectivity index (χ0) is 24.3. The number of allylic oxidation sites excluding steroid dienone is 1. The Balaban J connectivity index is 1.71. The normalized spacial score (nSPS) is 15.5. The smallest absolute Gasteiger partial charge is 0.338 e. The van der Waals surface area contributed by atoms with Crippen molar-refractivity contribution in [1.29, 1.82) is 0 Å². The van der Waals surface area contributed by atoms with Crippen LogP contribution < -0.4 is 5.32 Å². The molecular weight excluding hydrogens is 444 g/mol. The van der Waals surface area contributed by atoms with Crippen LogP contribution in [0.3, 0.4) is 0 Å². The predicted molar refractivity (Wildman–Crippen MR) is 137 cm³/mol. The van der Waals surface area contributed by atoms with E-state index in [2.05, 4.69) is 69.1 Å². The third kappa shape index (κ3) is 5.09. The van der Waals surface area contributed by atoms with Crippen molar-refractivity contribution >= 4 is 23.7 Å². The first kappa shape index (κ1) is 23.8. The van der Waals surface area contributed by atoms with E-state index in [9.17, 15) is 4.79 Å². The van der Waals surface area contributed by atoms with E-state index in [1.54, 1.807) is 22.5 Å². The molecule has 0 saturated heterocycles. The van der Waals surface area contributed by atoms with Crippen molar-refractivity contribution in [3.8, 4) is 0 Å². The molecule has 0 fully saturated rings. The monoisotopic (exact) mass is 474 g/mol. The number of nitrogens with zero attached hydrogens (tertiary/aromatic N) is 3. The number of benzene rings is 2. The summed E-state index contributed by atoms with van der Waals surface area (Å²) in [5.41, 5.74) is 4.63. The number of esters is 1. The summed E-state index contributed by atoms with van der Waals surface area (Å²) in [6, 6.07) is 18.1. The van der Waals surface area contributed by atoms with E-state index in [0.29, 0.717) is 22.4 Å². The van der Waals surface area contributed by atoms with Gasteiger partial charge in [0.05, 0.1) is 5.57 Å². The van der Waals surface area contributed by atoms with E-state index in [1.807, 2.05) is 25.1 Å². The van der Waals surface area contributed by atoms with Gasteiger partial charge in [-0.3, -0.25) is 0 Å². The molecule has 176 valence electrons. The molecule has 0 spiro atoms. The summed E-state index contributed by atoms with van der Waals surface area (Å²) >= 11 is 1.56. The quantitative estimate of drug-likeness (QED) is 0.262. The number of hydrogen-bond donors (Lipinski definition) is 1. The Bertz CT molecular complexity index is 1210. The summed E-state index contributed by atoms with van der Waals surface area (Å²) in [4.78, 5) is 17.8. The Hall–Kier alpha value is -3.32. The molecule has 34 heavy (non-hydrogen) atoms. The van der Waals surface area contributed by atoms with Gasteiger partial charge in [-0.15, -0.1) is 5.10 Å². The lowest BCUT2D eigenvalue weighted by atomic mass is 9.85. The van der Waals surface area contributed by atoms with Crippen LogP contribution in [0, 0.1) is 0 Å². The maximum Gasteiger partial charge on any atom is 0.338 e. The van der Waals surface area contributed by atoms with Gasteiger partial charge in [0.25, 0.3) is 0 Å². The largest absolute Gasteiger partial charge is 0.458 e. The van der Waals surface area contributed by atoms with Gasteiger partial charge in [-0.2, -0.15) is 4.98 Å². The molecule has 0 saturated carbocycles. The van der Waals surface area contributed by atoms with Crippen LogP contribution in [0.2, 0.25) is 0 Å². The third-order valence-corrected chi connectivity index (χ3v) is 6.60. The van der Waals surface area contributed by atoms with Crippen LogP contribution in [0.5, 0.6) is 0 Å². The molecule has 1 N–H and O–H groups in total. The number of hydrogen-bond acceptors (Lipinski definition) is 6. The highest BCUT2D eigenvalue weighted by Gasteiger charge is 2.35. The highest BCUT2D eigenvalue weighted by Crippen LogP contribution is 2.37. The molecule has 1 aliphatic rings. The first-order valence-electron chi connectivity index (χ1n) is 11.3. The maximum atomic E-state index is 13.1. The van der Waals surface area contributed by atoms with Gasteiger partial charge >= 0.3 is 5.97 Å². The number of rotatable bonds is 7. The maximum absolute atomic E-state index is 13.1. The van der Waals surface area contributed by atoms with Crippen molar-refractivity contribution in [2.45, 2.75) is 50.1 Å². The zero-order valence-electron chi connectivity index (χ0n) is 20.0. The Morgan fingerprint density at radius 2 is 1.88 bits per heavy atom. The molecule has 0 bridgehead atoms. The minimum atomic E-state index is -0.443. The summed E-state index contributed by atoms with van der Waals surface area (Å²) in [5.74, 6) is 0.975. The molecule has 1 unspecified atom stereocenters. The number of nitrogens with one attached hydrogen (secondary N) is 1. The summed E-state index contributed by atoms with van der Waals surface area (Å²) in [5, 5.41) is 8.69. The minimum Gasteiger partial charge on any atom is -0.458 e. The van der Waals surface area contributed by atoms with Gasteiger partial charge in [0.2, 0.25) is 11.1 Å². The zero-order valence-corrected chi connectivity index (χ0v) is 20.9. The highest BCUT2D eigenvalue weighted by molar-refractivity contribution is 7.98. The van der Waals surface area contributed by atoms with Gasteiger partial charge in [0.1, 0.15) is 12.6 Å². The van der Waals surface area contributed by atoms with E-state index < -0.39 is 12.0 Å². The Kier molecular flexibility index (Phi) is 6.93. The second kappa shape index (κ2) is 9.89. The topological polar surface area (TPSA) is 69.0 Å². The number of thioether (sulfide) groups is 1. The second-order valence-corrected chi connectivity index (χ2v) is 10.2. The fourth-order valence-electron chi connectivity index (χ4n) is 3.86. The lowest BCUT2D eigenvalue weighted by Crippen LogP contribution is -2.29. The molecule has 1 aromatic heterocycles. The highest BCUT2D eigenvalue weighted by atomic mass is 32.2. The lowest BCUT2D eigenvalue weighted by Gasteiger charge is -2.28. The molecule has 2 heterocycles. The number of ether oxygens (including phenoxy) is 1. The SMILES string of the molecule is C=CCOC(=O)C1=C(C)Nc2nc(SCc3ccccc3)nn2C1c1ccc(C(C)(C)C)cc1. The molecule has 0 amide bonds. The molecule has 1 atom stereocenters. The number of carbonyl (C=O) groups excluding carboxylic acids is 1. The van der Waals surface area contributed by atoms with Gasteiger partial charge in [-0.1, -0.05) is 99.8 Å². The molecule has 4 rings (SSSR count). The van der Waals surface area contributed by atoms with Crippen LogP contribution in [0.15, 0.2) is 83.7 Å². The molecule has 3 aromatic rings. The van der Waals surface area contributed by atoms with Gasteiger partial charge in [-0.05, 0) is 29.0 Å². The number of fused-ring (bicyclic) bond motifs is 1. The molecular formula is C27H30N4O2S. The molecule has 2 aromatic carbocycles. The summed E-state index contributed by atoms with van der Waals surface area (Å²) < 4.78 is 7.22. The fraction of sp³-hybridized carbons (Fsp3) is 0.296. The summed E-state index contributed by atoms with van der Waals surface area (Å²) in [6.07, 6.45) is 1.57. The fourth-order valence-corrected chi connectivity index (χ4v) is 4.65. The van der Waals surface area contributed by atoms with Gasteiger partial charge in [0, 0.05) is 11.4 Å². The molecule has 1 aliphatic heterocycles. The van der Waals surface area contributed by atoms with Crippen LogP contribution >= 0.6 is 11.8 Å². The van der Waals surface area contributed by atoms with E-state index >= 15 is 0 Å². The first-order valence-corrected chi connectivity index (χ1v) is 12.3. The predicted octanol–water partition coefficient (Wildman–Crippen LogP) is 5.89. The van der Waals surface area contributed by atoms with Gasteiger partial charge < -0.3 is 10.1 Å². The average molecular weight is 475 g/mol. The van der Waals surface area contributed by atoms with Crippen LogP contribution in [-0.4, -0.2) is 27.3 Å². The van der Waals surface area contributed by atoms with Gasteiger partial charge in [0.15, 0.2) is 0 Å². The van der Waals surface area contributed by atoms with E-state index in [4.69, 9.17) is 14.8 Å². The average Bonchev–Trinajstić information content (AvgIpc) is 3.23. The lowest BCUT2D eigenvalue weighted by molar-refractivity contribution is -0.138. The van der Waals surface area contributed by atoms with Crippen molar-refractivity contribution in [2.75, 3.05) is 11.9 Å². The molecule has 6 nitrogen and oxygen atoms in total. The summed E-state index contributed by atoms with van der Waals surface area (Å²) in [6.45, 7) is 12.2. The molecule has 0 aliphatic carbocycles. The number of aromatic nitrogens is 3. The van der Waals surface area contributed by atoms with E-state index in [0.717, 1.165) is 11.3 Å². The van der Waals surface area contributed by atoms with Crippen molar-refractivity contribution in [3.63, 3.8) is 0 Å². The second-order valence-electron chi connectivity index (χ2n) is 9.26. The van der Waals surface area contributed by atoms with Crippen LogP contribution in [0.25, 0.3) is 0 Å². The van der Waals surface area contributed by atoms with Crippen molar-refractivity contribution in [1.82, 2.24) is 14.8 Å². The van der Waals surface area contributed by atoms with E-state index in [1.165, 1.54) is 11.1 Å². The van der Waals surface area contributed by atoms with Crippen molar-refractivity contribution in [3.05, 3.63) is 95.2 Å². The minimum absolute atomic E-state index is 0.0315. The van der Waals surface area contributed by atoms with Crippen LogP contribution in [0.1, 0.15) is 50.4 Å². The van der Waals surface area contributed by atoms with Crippen LogP contribution in [-0.2, 0) is 20.7 Å². The Labute approximate surface area is 205 Å².